The molecule has 0 bridgehead atoms. The summed E-state index contributed by atoms with van der Waals surface area (Å²) in [5.74, 6) is 6.27. The third-order valence-electron chi connectivity index (χ3n) is 2.65. The second-order valence-corrected chi connectivity index (χ2v) is 4.08. The highest BCUT2D eigenvalue weighted by Crippen LogP contribution is 2.23. The summed E-state index contributed by atoms with van der Waals surface area (Å²) in [7, 11) is 0. The smallest absolute Gasteiger partial charge is 0.183 e. The van der Waals surface area contributed by atoms with Crippen LogP contribution in [0.2, 0.25) is 0 Å². The van der Waals surface area contributed by atoms with Crippen molar-refractivity contribution in [2.45, 2.75) is 44.6 Å². The number of hydrogen-bond acceptors (Lipinski definition) is 3. The van der Waals surface area contributed by atoms with Gasteiger partial charge in [0.15, 0.2) is 5.60 Å². The van der Waals surface area contributed by atoms with Gasteiger partial charge >= 0.3 is 0 Å². The molecule has 0 heterocycles. The summed E-state index contributed by atoms with van der Waals surface area (Å²) < 4.78 is 0. The third-order valence-corrected chi connectivity index (χ3v) is 2.65. The molecule has 0 aromatic heterocycles. The van der Waals surface area contributed by atoms with E-state index in [0.717, 1.165) is 12.8 Å². The first kappa shape index (κ1) is 11.5. The van der Waals surface area contributed by atoms with Gasteiger partial charge in [-0.25, -0.2) is 4.89 Å². The van der Waals surface area contributed by atoms with Gasteiger partial charge in [0.05, 0.1) is 6.61 Å². The molecule has 80 valence electrons. The summed E-state index contributed by atoms with van der Waals surface area (Å²) in [4.78, 5) is 4.15. The molecular weight excluding hydrogens is 180 g/mol. The van der Waals surface area contributed by atoms with E-state index >= 15 is 0 Å². The predicted molar refractivity (Wildman–Crippen MR) is 53.6 cm³/mol. The summed E-state index contributed by atoms with van der Waals surface area (Å²) in [6.07, 6.45) is 6.01. The molecule has 1 aliphatic carbocycles. The second-order valence-electron chi connectivity index (χ2n) is 4.08. The van der Waals surface area contributed by atoms with Gasteiger partial charge in [-0.2, -0.15) is 0 Å². The van der Waals surface area contributed by atoms with E-state index in [1.165, 1.54) is 19.3 Å². The minimum absolute atomic E-state index is 0.288. The number of rotatable bonds is 2. The third kappa shape index (κ3) is 3.30. The largest absolute Gasteiger partial charge is 0.392 e. The SMILES string of the molecule is CC(C#CC1CCCCC1)(CO)OO. The maximum atomic E-state index is 8.93. The van der Waals surface area contributed by atoms with Crippen LogP contribution in [0.3, 0.4) is 0 Å². The lowest BCUT2D eigenvalue weighted by molar-refractivity contribution is -0.305. The van der Waals surface area contributed by atoms with E-state index in [2.05, 4.69) is 16.7 Å². The summed E-state index contributed by atoms with van der Waals surface area (Å²) in [5, 5.41) is 17.5. The molecule has 0 aromatic carbocycles. The van der Waals surface area contributed by atoms with E-state index in [1.807, 2.05) is 0 Å². The number of aliphatic hydroxyl groups excluding tert-OH is 1. The van der Waals surface area contributed by atoms with Crippen molar-refractivity contribution in [2.24, 2.45) is 5.92 Å². The van der Waals surface area contributed by atoms with Crippen LogP contribution in [0.25, 0.3) is 0 Å². The van der Waals surface area contributed by atoms with Gasteiger partial charge in [-0.15, -0.1) is 0 Å². The predicted octanol–water partition coefficient (Wildman–Crippen LogP) is 1.81. The molecule has 3 heteroatoms. The van der Waals surface area contributed by atoms with Gasteiger partial charge in [0.25, 0.3) is 0 Å². The zero-order valence-corrected chi connectivity index (χ0v) is 8.62. The quantitative estimate of drug-likeness (QED) is 0.404. The lowest BCUT2D eigenvalue weighted by Gasteiger charge is -2.18. The molecule has 1 saturated carbocycles. The van der Waals surface area contributed by atoms with E-state index in [9.17, 15) is 0 Å². The van der Waals surface area contributed by atoms with Crippen LogP contribution in [0.4, 0.5) is 0 Å². The number of hydrogen-bond donors (Lipinski definition) is 2. The van der Waals surface area contributed by atoms with Crippen LogP contribution in [0.5, 0.6) is 0 Å². The van der Waals surface area contributed by atoms with E-state index in [-0.39, 0.29) is 6.61 Å². The summed E-state index contributed by atoms with van der Waals surface area (Å²) >= 11 is 0. The first-order valence-corrected chi connectivity index (χ1v) is 5.16. The Bertz CT molecular complexity index is 216. The van der Waals surface area contributed by atoms with Crippen molar-refractivity contribution in [1.29, 1.82) is 0 Å². The van der Waals surface area contributed by atoms with Crippen molar-refractivity contribution in [3.05, 3.63) is 0 Å². The van der Waals surface area contributed by atoms with E-state index < -0.39 is 5.60 Å². The summed E-state index contributed by atoms with van der Waals surface area (Å²) in [6, 6.07) is 0. The minimum Gasteiger partial charge on any atom is -0.392 e. The van der Waals surface area contributed by atoms with Crippen LogP contribution in [0, 0.1) is 17.8 Å². The molecule has 1 aliphatic rings. The molecule has 0 saturated heterocycles. The zero-order chi connectivity index (χ0) is 10.4. The molecule has 14 heavy (non-hydrogen) atoms. The Kier molecular flexibility index (Phi) is 4.40. The fraction of sp³-hybridized carbons (Fsp3) is 0.818. The first-order valence-electron chi connectivity index (χ1n) is 5.16. The molecule has 0 aliphatic heterocycles. The van der Waals surface area contributed by atoms with Gasteiger partial charge in [0.1, 0.15) is 0 Å². The van der Waals surface area contributed by atoms with E-state index in [1.54, 1.807) is 6.92 Å². The van der Waals surface area contributed by atoms with E-state index in [4.69, 9.17) is 10.4 Å². The van der Waals surface area contributed by atoms with Crippen LogP contribution in [-0.4, -0.2) is 22.6 Å². The lowest BCUT2D eigenvalue weighted by atomic mass is 9.89. The Labute approximate surface area is 85.0 Å². The van der Waals surface area contributed by atoms with Gasteiger partial charge in [-0.05, 0) is 19.8 Å². The Balaban J connectivity index is 2.51. The maximum absolute atomic E-state index is 8.93. The topological polar surface area (TPSA) is 49.7 Å². The van der Waals surface area contributed by atoms with Gasteiger partial charge in [0, 0.05) is 5.92 Å². The van der Waals surface area contributed by atoms with Gasteiger partial charge in [-0.3, -0.25) is 5.26 Å². The molecule has 1 atom stereocenters. The van der Waals surface area contributed by atoms with Crippen LogP contribution < -0.4 is 0 Å². The molecule has 1 fully saturated rings. The van der Waals surface area contributed by atoms with Crippen molar-refractivity contribution < 1.29 is 15.3 Å². The molecule has 0 radical (unpaired) electrons. The van der Waals surface area contributed by atoms with Crippen molar-refractivity contribution in [1.82, 2.24) is 0 Å². The first-order chi connectivity index (χ1) is 6.70. The highest BCUT2D eigenvalue weighted by molar-refractivity contribution is 5.15. The standard InChI is InChI=1S/C11H18O3/c1-11(9-12,14-13)8-7-10-5-3-2-4-6-10/h10,12-13H,2-6,9H2,1H3. The van der Waals surface area contributed by atoms with Crippen molar-refractivity contribution in [2.75, 3.05) is 6.61 Å². The molecule has 0 amide bonds. The Hall–Kier alpha value is -0.560. The van der Waals surface area contributed by atoms with Crippen LogP contribution in [0.15, 0.2) is 0 Å². The Morgan fingerprint density at radius 2 is 2.00 bits per heavy atom. The maximum Gasteiger partial charge on any atom is 0.183 e. The van der Waals surface area contributed by atoms with Crippen molar-refractivity contribution >= 4 is 0 Å². The highest BCUT2D eigenvalue weighted by atomic mass is 17.1. The zero-order valence-electron chi connectivity index (χ0n) is 8.62. The van der Waals surface area contributed by atoms with Gasteiger partial charge in [0.2, 0.25) is 0 Å². The van der Waals surface area contributed by atoms with Crippen LogP contribution >= 0.6 is 0 Å². The van der Waals surface area contributed by atoms with Gasteiger partial charge < -0.3 is 5.11 Å². The normalized spacial score (nSPS) is 22.2. The molecule has 0 aromatic rings. The summed E-state index contributed by atoms with van der Waals surface area (Å²) in [6.45, 7) is 1.28. The molecule has 1 unspecified atom stereocenters. The molecule has 3 nitrogen and oxygen atoms in total. The molecule has 1 rings (SSSR count). The minimum atomic E-state index is -1.11. The second kappa shape index (κ2) is 5.35. The molecule has 0 spiro atoms. The Morgan fingerprint density at radius 3 is 2.50 bits per heavy atom. The summed E-state index contributed by atoms with van der Waals surface area (Å²) in [5.41, 5.74) is -1.11. The Morgan fingerprint density at radius 1 is 1.36 bits per heavy atom. The number of aliphatic hydroxyl groups is 1. The monoisotopic (exact) mass is 198 g/mol. The average Bonchev–Trinajstić information content (AvgIpc) is 2.27. The highest BCUT2D eigenvalue weighted by Gasteiger charge is 2.21. The fourth-order valence-electron chi connectivity index (χ4n) is 1.59. The fourth-order valence-corrected chi connectivity index (χ4v) is 1.59. The van der Waals surface area contributed by atoms with Crippen molar-refractivity contribution in [3.8, 4) is 11.8 Å². The van der Waals surface area contributed by atoms with Gasteiger partial charge in [-0.1, -0.05) is 31.1 Å². The average molecular weight is 198 g/mol. The molecular formula is C11H18O3. The van der Waals surface area contributed by atoms with Crippen LogP contribution in [-0.2, 0) is 4.89 Å². The van der Waals surface area contributed by atoms with Crippen molar-refractivity contribution in [3.63, 3.8) is 0 Å². The lowest BCUT2D eigenvalue weighted by Crippen LogP contribution is -2.30. The van der Waals surface area contributed by atoms with E-state index in [0.29, 0.717) is 5.92 Å². The van der Waals surface area contributed by atoms with Crippen LogP contribution in [0.1, 0.15) is 39.0 Å². The molecule has 2 N–H and O–H groups in total.